The molecule has 0 unspecified atom stereocenters. The van der Waals surface area contributed by atoms with Crippen LogP contribution in [0.3, 0.4) is 0 Å². The van der Waals surface area contributed by atoms with E-state index in [1.807, 2.05) is 0 Å². The third-order valence-electron chi connectivity index (χ3n) is 2.56. The summed E-state index contributed by atoms with van der Waals surface area (Å²) in [6, 6.07) is 11.4. The molecule has 0 aliphatic heterocycles. The zero-order valence-electron chi connectivity index (χ0n) is 10.7. The van der Waals surface area contributed by atoms with Crippen molar-refractivity contribution in [1.29, 1.82) is 0 Å². The lowest BCUT2D eigenvalue weighted by Gasteiger charge is -1.99. The Hall–Kier alpha value is -2.53. The third kappa shape index (κ3) is 3.97. The SMILES string of the molecule is O=C(/C(=C\O)N=Nc1ccc(Cl)cc1)c1ccc(F)cc1. The van der Waals surface area contributed by atoms with Crippen molar-refractivity contribution in [2.24, 2.45) is 10.2 Å². The van der Waals surface area contributed by atoms with Crippen LogP contribution < -0.4 is 0 Å². The maximum absolute atomic E-state index is 12.8. The summed E-state index contributed by atoms with van der Waals surface area (Å²) in [6.45, 7) is 0. The standard InChI is InChI=1S/C15H10ClFN2O2/c16-11-3-7-13(8-4-11)18-19-14(9-20)15(21)10-1-5-12(17)6-2-10/h1-9,20H/b14-9+,19-18?. The van der Waals surface area contributed by atoms with Crippen molar-refractivity contribution in [3.8, 4) is 0 Å². The summed E-state index contributed by atoms with van der Waals surface area (Å²) in [5.41, 5.74) is 0.425. The molecular weight excluding hydrogens is 295 g/mol. The van der Waals surface area contributed by atoms with E-state index in [2.05, 4.69) is 10.2 Å². The van der Waals surface area contributed by atoms with Gasteiger partial charge in [-0.3, -0.25) is 4.79 Å². The number of carbonyl (C=O) groups excluding carboxylic acids is 1. The van der Waals surface area contributed by atoms with Crippen LogP contribution in [0.4, 0.5) is 10.1 Å². The van der Waals surface area contributed by atoms with Gasteiger partial charge in [-0.1, -0.05) is 11.6 Å². The largest absolute Gasteiger partial charge is 0.513 e. The topological polar surface area (TPSA) is 62.0 Å². The van der Waals surface area contributed by atoms with Gasteiger partial charge in [0, 0.05) is 10.6 Å². The second kappa shape index (κ2) is 6.76. The smallest absolute Gasteiger partial charge is 0.216 e. The van der Waals surface area contributed by atoms with Crippen LogP contribution in [-0.2, 0) is 0 Å². The molecule has 0 spiro atoms. The highest BCUT2D eigenvalue weighted by atomic mass is 35.5. The van der Waals surface area contributed by atoms with Crippen molar-refractivity contribution in [3.63, 3.8) is 0 Å². The molecule has 2 rings (SSSR count). The molecule has 0 radical (unpaired) electrons. The normalized spacial score (nSPS) is 11.8. The molecule has 1 N–H and O–H groups in total. The van der Waals surface area contributed by atoms with Gasteiger partial charge in [-0.05, 0) is 48.5 Å². The predicted octanol–water partition coefficient (Wildman–Crippen LogP) is 4.85. The van der Waals surface area contributed by atoms with Gasteiger partial charge in [0.1, 0.15) is 12.1 Å². The number of carbonyl (C=O) groups is 1. The number of hydrogen-bond donors (Lipinski definition) is 1. The molecule has 0 bridgehead atoms. The van der Waals surface area contributed by atoms with Gasteiger partial charge in [-0.25, -0.2) is 4.39 Å². The third-order valence-corrected chi connectivity index (χ3v) is 2.81. The fourth-order valence-electron chi connectivity index (χ4n) is 1.50. The monoisotopic (exact) mass is 304 g/mol. The summed E-state index contributed by atoms with van der Waals surface area (Å²) in [5.74, 6) is -1.01. The molecule has 6 heteroatoms. The first-order chi connectivity index (χ1) is 10.1. The van der Waals surface area contributed by atoms with Gasteiger partial charge in [-0.15, -0.1) is 5.11 Å². The minimum absolute atomic E-state index is 0.201. The molecule has 106 valence electrons. The first kappa shape index (κ1) is 14.9. The number of allylic oxidation sites excluding steroid dienone is 1. The van der Waals surface area contributed by atoms with Gasteiger partial charge in [0.2, 0.25) is 5.78 Å². The fraction of sp³-hybridized carbons (Fsp3) is 0. The minimum Gasteiger partial charge on any atom is -0.513 e. The first-order valence-electron chi connectivity index (χ1n) is 5.92. The van der Waals surface area contributed by atoms with E-state index >= 15 is 0 Å². The highest BCUT2D eigenvalue weighted by Gasteiger charge is 2.12. The maximum Gasteiger partial charge on any atom is 0.216 e. The van der Waals surface area contributed by atoms with Gasteiger partial charge < -0.3 is 5.11 Å². The van der Waals surface area contributed by atoms with Crippen LogP contribution in [0.25, 0.3) is 0 Å². The first-order valence-corrected chi connectivity index (χ1v) is 6.30. The molecule has 4 nitrogen and oxygen atoms in total. The number of rotatable bonds is 4. The van der Waals surface area contributed by atoms with Gasteiger partial charge in [0.05, 0.1) is 5.69 Å². The Bertz CT molecular complexity index is 695. The Balaban J connectivity index is 2.18. The Kier molecular flexibility index (Phi) is 4.79. The molecule has 0 heterocycles. The number of hydrogen-bond acceptors (Lipinski definition) is 4. The van der Waals surface area contributed by atoms with Crippen LogP contribution in [0, 0.1) is 5.82 Å². The lowest BCUT2D eigenvalue weighted by Crippen LogP contribution is -2.01. The molecule has 0 saturated carbocycles. The second-order valence-corrected chi connectivity index (χ2v) is 4.46. The van der Waals surface area contributed by atoms with Gasteiger partial charge in [-0.2, -0.15) is 5.11 Å². The van der Waals surface area contributed by atoms with E-state index in [0.29, 0.717) is 17.0 Å². The highest BCUT2D eigenvalue weighted by Crippen LogP contribution is 2.18. The number of aliphatic hydroxyl groups excluding tert-OH is 1. The van der Waals surface area contributed by atoms with Crippen molar-refractivity contribution in [2.75, 3.05) is 0 Å². The molecule has 21 heavy (non-hydrogen) atoms. The molecule has 0 aromatic heterocycles. The number of aliphatic hydroxyl groups is 1. The summed E-state index contributed by atoms with van der Waals surface area (Å²) in [4.78, 5) is 12.0. The molecule has 0 aliphatic rings. The predicted molar refractivity (Wildman–Crippen MR) is 77.4 cm³/mol. The number of halogens is 2. The van der Waals surface area contributed by atoms with E-state index in [0.717, 1.165) is 12.1 Å². The van der Waals surface area contributed by atoms with Crippen LogP contribution >= 0.6 is 11.6 Å². The summed E-state index contributed by atoms with van der Waals surface area (Å²) in [7, 11) is 0. The van der Waals surface area contributed by atoms with Gasteiger partial charge in [0.25, 0.3) is 0 Å². The zero-order valence-corrected chi connectivity index (χ0v) is 11.5. The Morgan fingerprint density at radius 2 is 1.71 bits per heavy atom. The average molecular weight is 305 g/mol. The lowest BCUT2D eigenvalue weighted by molar-refractivity contribution is 0.102. The van der Waals surface area contributed by atoms with E-state index < -0.39 is 11.6 Å². The molecule has 0 aliphatic carbocycles. The molecule has 0 atom stereocenters. The van der Waals surface area contributed by atoms with Crippen LogP contribution in [0.1, 0.15) is 10.4 Å². The van der Waals surface area contributed by atoms with Crippen LogP contribution in [-0.4, -0.2) is 10.9 Å². The maximum atomic E-state index is 12.8. The highest BCUT2D eigenvalue weighted by molar-refractivity contribution is 6.30. The fourth-order valence-corrected chi connectivity index (χ4v) is 1.62. The lowest BCUT2D eigenvalue weighted by atomic mass is 10.1. The zero-order chi connectivity index (χ0) is 15.2. The van der Waals surface area contributed by atoms with E-state index in [1.165, 1.54) is 12.1 Å². The van der Waals surface area contributed by atoms with Crippen molar-refractivity contribution >= 4 is 23.1 Å². The van der Waals surface area contributed by atoms with E-state index in [-0.39, 0.29) is 11.3 Å². The molecule has 2 aromatic rings. The Labute approximate surface area is 125 Å². The number of azo groups is 1. The van der Waals surface area contributed by atoms with Crippen molar-refractivity contribution in [2.45, 2.75) is 0 Å². The van der Waals surface area contributed by atoms with Crippen LogP contribution in [0.15, 0.2) is 70.7 Å². The van der Waals surface area contributed by atoms with Gasteiger partial charge in [0.15, 0.2) is 5.70 Å². The minimum atomic E-state index is -0.560. The van der Waals surface area contributed by atoms with Gasteiger partial charge >= 0.3 is 0 Å². The molecule has 0 amide bonds. The van der Waals surface area contributed by atoms with Crippen molar-refractivity contribution in [3.05, 3.63) is 76.9 Å². The van der Waals surface area contributed by atoms with Crippen molar-refractivity contribution < 1.29 is 14.3 Å². The average Bonchev–Trinajstić information content (AvgIpc) is 2.50. The second-order valence-electron chi connectivity index (χ2n) is 4.03. The number of Topliss-reactive ketones (excluding diaryl/α,β-unsaturated/α-hetero) is 1. The van der Waals surface area contributed by atoms with Crippen molar-refractivity contribution in [1.82, 2.24) is 0 Å². The van der Waals surface area contributed by atoms with Crippen LogP contribution in [0.5, 0.6) is 0 Å². The quantitative estimate of drug-likeness (QED) is 0.380. The van der Waals surface area contributed by atoms with Crippen LogP contribution in [0.2, 0.25) is 5.02 Å². The number of benzene rings is 2. The summed E-state index contributed by atoms with van der Waals surface area (Å²) < 4.78 is 12.8. The summed E-state index contributed by atoms with van der Waals surface area (Å²) >= 11 is 5.74. The molecule has 0 saturated heterocycles. The number of ketones is 1. The summed E-state index contributed by atoms with van der Waals surface area (Å²) in [5, 5.41) is 17.2. The number of nitrogens with zero attached hydrogens (tertiary/aromatic N) is 2. The molecule has 2 aromatic carbocycles. The van der Waals surface area contributed by atoms with E-state index in [9.17, 15) is 9.18 Å². The van der Waals surface area contributed by atoms with E-state index in [4.69, 9.17) is 16.7 Å². The Morgan fingerprint density at radius 1 is 1.10 bits per heavy atom. The molecule has 0 fully saturated rings. The summed E-state index contributed by atoms with van der Waals surface area (Å²) in [6.07, 6.45) is 0.561. The molecular formula is C15H10ClFN2O2. The van der Waals surface area contributed by atoms with E-state index in [1.54, 1.807) is 24.3 Å². The Morgan fingerprint density at radius 3 is 2.29 bits per heavy atom.